The number of hydrogen-bond acceptors (Lipinski definition) is 8. The Morgan fingerprint density at radius 3 is 2.28 bits per heavy atom. The molecule has 0 radical (unpaired) electrons. The molecule has 0 saturated heterocycles. The normalized spacial score (nSPS) is 11.4. The van der Waals surface area contributed by atoms with Crippen LogP contribution in [0.1, 0.15) is 11.1 Å². The molecule has 0 aliphatic rings. The average molecular weight is 517 g/mol. The number of rotatable bonds is 8. The zero-order valence-electron chi connectivity index (χ0n) is 21.7. The number of ether oxygens (including phenoxy) is 1. The van der Waals surface area contributed by atoms with Gasteiger partial charge in [-0.25, -0.2) is 0 Å². The first kappa shape index (κ1) is 25.4. The van der Waals surface area contributed by atoms with Gasteiger partial charge in [0, 0.05) is 29.4 Å². The van der Waals surface area contributed by atoms with Crippen molar-refractivity contribution in [2.45, 2.75) is 13.5 Å². The number of nitrogens with one attached hydrogen (secondary N) is 1. The van der Waals surface area contributed by atoms with Crippen molar-refractivity contribution < 1.29 is 9.84 Å². The minimum Gasteiger partial charge on any atom is -0.505 e. The number of fused-ring (bicyclic) bond motifs is 1. The lowest BCUT2D eigenvalue weighted by Gasteiger charge is -2.10. The van der Waals surface area contributed by atoms with Crippen LogP contribution in [-0.2, 0) is 6.54 Å². The smallest absolute Gasteiger partial charge is 0.150 e. The molecule has 0 aliphatic carbocycles. The number of methoxy groups -OCH3 is 1. The average Bonchev–Trinajstić information content (AvgIpc) is 2.96. The lowest BCUT2D eigenvalue weighted by molar-refractivity contribution is 0.416. The van der Waals surface area contributed by atoms with Gasteiger partial charge >= 0.3 is 0 Å². The van der Waals surface area contributed by atoms with E-state index in [0.717, 1.165) is 33.6 Å². The van der Waals surface area contributed by atoms with Crippen molar-refractivity contribution >= 4 is 44.9 Å². The number of benzene rings is 5. The molecule has 5 rings (SSSR count). The molecule has 5 aromatic rings. The summed E-state index contributed by atoms with van der Waals surface area (Å²) in [6, 6.07) is 30.3. The Labute approximate surface area is 226 Å². The van der Waals surface area contributed by atoms with Gasteiger partial charge < -0.3 is 20.9 Å². The Morgan fingerprint density at radius 1 is 0.769 bits per heavy atom. The first-order valence-electron chi connectivity index (χ1n) is 12.4. The van der Waals surface area contributed by atoms with Crippen molar-refractivity contribution in [1.82, 2.24) is 0 Å². The van der Waals surface area contributed by atoms with Crippen LogP contribution in [0.25, 0.3) is 10.8 Å². The van der Waals surface area contributed by atoms with Gasteiger partial charge in [-0.15, -0.1) is 10.2 Å². The molecule has 8 heteroatoms. The maximum absolute atomic E-state index is 10.9. The highest BCUT2D eigenvalue weighted by Crippen LogP contribution is 2.39. The molecular weight excluding hydrogens is 488 g/mol. The summed E-state index contributed by atoms with van der Waals surface area (Å²) < 4.78 is 5.52. The Bertz CT molecular complexity index is 1670. The maximum Gasteiger partial charge on any atom is 0.150 e. The van der Waals surface area contributed by atoms with Crippen LogP contribution < -0.4 is 15.8 Å². The van der Waals surface area contributed by atoms with Crippen LogP contribution in [0, 0.1) is 6.92 Å². The van der Waals surface area contributed by atoms with Crippen molar-refractivity contribution in [1.29, 1.82) is 0 Å². The Morgan fingerprint density at radius 2 is 1.51 bits per heavy atom. The van der Waals surface area contributed by atoms with E-state index in [1.807, 2.05) is 91.9 Å². The van der Waals surface area contributed by atoms with Gasteiger partial charge in [-0.1, -0.05) is 36.4 Å². The molecule has 4 N–H and O–H groups in total. The first-order chi connectivity index (χ1) is 19.0. The van der Waals surface area contributed by atoms with E-state index < -0.39 is 0 Å². The fourth-order valence-corrected chi connectivity index (χ4v) is 4.06. The second-order valence-corrected chi connectivity index (χ2v) is 9.01. The van der Waals surface area contributed by atoms with Crippen LogP contribution >= 0.6 is 0 Å². The number of nitrogens with two attached hydrogens (primary N) is 1. The number of phenolic OH excluding ortho intramolecular Hbond substituents is 1. The minimum absolute atomic E-state index is 0.0605. The summed E-state index contributed by atoms with van der Waals surface area (Å²) in [5.41, 5.74) is 11.7. The van der Waals surface area contributed by atoms with Gasteiger partial charge in [0.2, 0.25) is 0 Å². The van der Waals surface area contributed by atoms with E-state index in [1.54, 1.807) is 19.2 Å². The Balaban J connectivity index is 1.35. The lowest BCUT2D eigenvalue weighted by Crippen LogP contribution is -1.99. The minimum atomic E-state index is 0.0605. The molecule has 0 spiro atoms. The number of nitrogens with zero attached hydrogens (tertiary/aromatic N) is 4. The first-order valence-corrected chi connectivity index (χ1v) is 12.4. The number of hydrogen-bond donors (Lipinski definition) is 3. The van der Waals surface area contributed by atoms with E-state index in [-0.39, 0.29) is 5.75 Å². The molecular formula is C31H28N6O2. The van der Waals surface area contributed by atoms with E-state index >= 15 is 0 Å². The van der Waals surface area contributed by atoms with E-state index in [9.17, 15) is 5.11 Å². The molecule has 5 aromatic carbocycles. The SMILES string of the molecule is COc1cc(N=Nc2ccccc2)c(C)cc1N=Nc1ccc2cc(NCc3ccc(N)cc3)ccc2c1O. The second-order valence-electron chi connectivity index (χ2n) is 9.01. The monoisotopic (exact) mass is 516 g/mol. The van der Waals surface area contributed by atoms with Gasteiger partial charge in [-0.05, 0) is 78.0 Å². The molecule has 0 unspecified atom stereocenters. The quantitative estimate of drug-likeness (QED) is 0.141. The van der Waals surface area contributed by atoms with Gasteiger partial charge in [0.25, 0.3) is 0 Å². The molecule has 0 heterocycles. The lowest BCUT2D eigenvalue weighted by atomic mass is 10.1. The van der Waals surface area contributed by atoms with Crippen LogP contribution in [0.4, 0.5) is 34.1 Å². The standard InChI is InChI=1S/C31H28N6O2/c1-20-16-29(30(39-2)18-28(20)36-34-24-6-4-3-5-7-24)37-35-27-15-10-22-17-25(13-14-26(22)31(27)38)33-19-21-8-11-23(32)12-9-21/h3-18,33,38H,19,32H2,1-2H3. The Hall–Kier alpha value is -5.24. The maximum atomic E-state index is 10.9. The molecule has 8 nitrogen and oxygen atoms in total. The topological polar surface area (TPSA) is 117 Å². The number of aryl methyl sites for hydroxylation is 1. The third-order valence-corrected chi connectivity index (χ3v) is 6.24. The van der Waals surface area contributed by atoms with Gasteiger partial charge in [0.15, 0.2) is 5.75 Å². The largest absolute Gasteiger partial charge is 0.505 e. The molecule has 0 amide bonds. The van der Waals surface area contributed by atoms with Crippen molar-refractivity contribution in [3.63, 3.8) is 0 Å². The summed E-state index contributed by atoms with van der Waals surface area (Å²) in [5.74, 6) is 0.564. The summed E-state index contributed by atoms with van der Waals surface area (Å²) in [7, 11) is 1.56. The number of aromatic hydroxyl groups is 1. The van der Waals surface area contributed by atoms with Gasteiger partial charge in [-0.2, -0.15) is 10.2 Å². The zero-order valence-corrected chi connectivity index (χ0v) is 21.7. The van der Waals surface area contributed by atoms with Crippen molar-refractivity contribution in [3.05, 3.63) is 108 Å². The molecule has 0 aromatic heterocycles. The summed E-state index contributed by atoms with van der Waals surface area (Å²) in [6.07, 6.45) is 0. The van der Waals surface area contributed by atoms with Gasteiger partial charge in [0.05, 0.1) is 18.5 Å². The van der Waals surface area contributed by atoms with E-state index in [0.29, 0.717) is 34.7 Å². The summed E-state index contributed by atoms with van der Waals surface area (Å²) >= 11 is 0. The molecule has 194 valence electrons. The highest BCUT2D eigenvalue weighted by atomic mass is 16.5. The summed E-state index contributed by atoms with van der Waals surface area (Å²) in [4.78, 5) is 0. The zero-order chi connectivity index (χ0) is 27.2. The third kappa shape index (κ3) is 6.02. The number of azo groups is 2. The molecule has 0 atom stereocenters. The van der Waals surface area contributed by atoms with E-state index in [1.165, 1.54) is 0 Å². The fourth-order valence-electron chi connectivity index (χ4n) is 4.06. The third-order valence-electron chi connectivity index (χ3n) is 6.24. The van der Waals surface area contributed by atoms with Crippen molar-refractivity contribution in [2.24, 2.45) is 20.5 Å². The van der Waals surface area contributed by atoms with Crippen LogP contribution in [0.3, 0.4) is 0 Å². The second kappa shape index (κ2) is 11.4. The van der Waals surface area contributed by atoms with Crippen molar-refractivity contribution in [3.8, 4) is 11.5 Å². The van der Waals surface area contributed by atoms with E-state index in [4.69, 9.17) is 10.5 Å². The molecule has 0 bridgehead atoms. The molecule has 0 fully saturated rings. The number of phenols is 1. The predicted molar refractivity (Wildman–Crippen MR) is 156 cm³/mol. The number of nitrogen functional groups attached to an aromatic ring is 1. The van der Waals surface area contributed by atoms with Crippen LogP contribution in [0.5, 0.6) is 11.5 Å². The van der Waals surface area contributed by atoms with E-state index in [2.05, 4.69) is 25.8 Å². The molecule has 0 saturated carbocycles. The molecule has 39 heavy (non-hydrogen) atoms. The highest BCUT2D eigenvalue weighted by Gasteiger charge is 2.10. The van der Waals surface area contributed by atoms with Crippen molar-refractivity contribution in [2.75, 3.05) is 18.2 Å². The summed E-state index contributed by atoms with van der Waals surface area (Å²) in [6.45, 7) is 2.59. The van der Waals surface area contributed by atoms with Crippen LogP contribution in [-0.4, -0.2) is 12.2 Å². The highest BCUT2D eigenvalue weighted by molar-refractivity contribution is 5.94. The molecule has 0 aliphatic heterocycles. The van der Waals surface area contributed by atoms with Gasteiger partial charge in [0.1, 0.15) is 17.1 Å². The Kier molecular flexibility index (Phi) is 7.45. The number of anilines is 2. The predicted octanol–water partition coefficient (Wildman–Crippen LogP) is 8.89. The van der Waals surface area contributed by atoms with Crippen LogP contribution in [0.15, 0.2) is 118 Å². The van der Waals surface area contributed by atoms with Gasteiger partial charge in [-0.3, -0.25) is 0 Å². The van der Waals surface area contributed by atoms with Crippen LogP contribution in [0.2, 0.25) is 0 Å². The fraction of sp³-hybridized carbons (Fsp3) is 0.0968. The summed E-state index contributed by atoms with van der Waals surface area (Å²) in [5, 5.41) is 33.2.